The lowest BCUT2D eigenvalue weighted by atomic mass is 9.73. The molecule has 0 aromatic carbocycles. The van der Waals surface area contributed by atoms with Gasteiger partial charge in [-0.2, -0.15) is 0 Å². The molecule has 0 spiro atoms. The number of pyridine rings is 1. The van der Waals surface area contributed by atoms with E-state index in [4.69, 9.17) is 0 Å². The summed E-state index contributed by atoms with van der Waals surface area (Å²) in [6.07, 6.45) is 3.69. The molecule has 116 valence electrons. The van der Waals surface area contributed by atoms with Crippen LogP contribution in [0.25, 0.3) is 0 Å². The van der Waals surface area contributed by atoms with E-state index in [1.165, 1.54) is 11.1 Å². The smallest absolute Gasteiger partial charge is 0.255 e. The van der Waals surface area contributed by atoms with Crippen molar-refractivity contribution in [2.75, 3.05) is 19.7 Å². The Bertz CT molecular complexity index is 511. The van der Waals surface area contributed by atoms with Crippen LogP contribution in [-0.4, -0.2) is 51.8 Å². The topological polar surface area (TPSA) is 73.7 Å². The van der Waals surface area contributed by atoms with E-state index in [1.54, 1.807) is 0 Å². The van der Waals surface area contributed by atoms with Crippen LogP contribution in [0.1, 0.15) is 36.5 Å². The van der Waals surface area contributed by atoms with E-state index >= 15 is 0 Å². The van der Waals surface area contributed by atoms with Gasteiger partial charge in [0.2, 0.25) is 0 Å². The number of piperidine rings is 1. The Morgan fingerprint density at radius 2 is 2.33 bits per heavy atom. The Morgan fingerprint density at radius 3 is 2.90 bits per heavy atom. The Labute approximate surface area is 123 Å². The van der Waals surface area contributed by atoms with Crippen molar-refractivity contribution < 1.29 is 19.4 Å². The van der Waals surface area contributed by atoms with Crippen LogP contribution in [0.2, 0.25) is 0 Å². The number of hydrogen-bond acceptors (Lipinski definition) is 4. The molecule has 21 heavy (non-hydrogen) atoms. The summed E-state index contributed by atoms with van der Waals surface area (Å²) in [5.41, 5.74) is -0.361. The molecule has 2 heterocycles. The fourth-order valence-electron chi connectivity index (χ4n) is 2.97. The molecule has 1 aliphatic heterocycles. The molecule has 1 aromatic heterocycles. The monoisotopic (exact) mass is 296 g/mol. The SMILES string of the molecule is CCC[C@]1(CO)CCN(C(=O)c2cncc(F)c2)C[C@@H]1O. The first kappa shape index (κ1) is 15.9. The highest BCUT2D eigenvalue weighted by atomic mass is 19.1. The molecule has 5 nitrogen and oxygen atoms in total. The zero-order chi connectivity index (χ0) is 15.5. The zero-order valence-corrected chi connectivity index (χ0v) is 12.1. The highest BCUT2D eigenvalue weighted by Gasteiger charge is 2.42. The van der Waals surface area contributed by atoms with Gasteiger partial charge in [-0.05, 0) is 18.9 Å². The fourth-order valence-corrected chi connectivity index (χ4v) is 2.97. The van der Waals surface area contributed by atoms with Crippen LogP contribution in [0.4, 0.5) is 4.39 Å². The van der Waals surface area contributed by atoms with Gasteiger partial charge >= 0.3 is 0 Å². The van der Waals surface area contributed by atoms with Crippen LogP contribution in [0.3, 0.4) is 0 Å². The number of rotatable bonds is 4. The van der Waals surface area contributed by atoms with Gasteiger partial charge in [-0.3, -0.25) is 9.78 Å². The van der Waals surface area contributed by atoms with Crippen LogP contribution >= 0.6 is 0 Å². The van der Waals surface area contributed by atoms with Gasteiger partial charge in [-0.25, -0.2) is 4.39 Å². The third kappa shape index (κ3) is 3.22. The first-order chi connectivity index (χ1) is 10.0. The number of amides is 1. The van der Waals surface area contributed by atoms with Crippen LogP contribution in [0, 0.1) is 11.2 Å². The summed E-state index contributed by atoms with van der Waals surface area (Å²) in [6.45, 7) is 2.49. The summed E-state index contributed by atoms with van der Waals surface area (Å²) in [4.78, 5) is 17.5. The molecule has 6 heteroatoms. The lowest BCUT2D eigenvalue weighted by Crippen LogP contribution is -2.54. The quantitative estimate of drug-likeness (QED) is 0.876. The summed E-state index contributed by atoms with van der Waals surface area (Å²) >= 11 is 0. The summed E-state index contributed by atoms with van der Waals surface area (Å²) in [7, 11) is 0. The molecular formula is C15H21FN2O3. The summed E-state index contributed by atoms with van der Waals surface area (Å²) < 4.78 is 13.1. The number of hydrogen-bond donors (Lipinski definition) is 2. The van der Waals surface area contributed by atoms with Crippen molar-refractivity contribution in [1.29, 1.82) is 0 Å². The molecule has 1 aromatic rings. The van der Waals surface area contributed by atoms with Crippen molar-refractivity contribution in [2.45, 2.75) is 32.3 Å². The van der Waals surface area contributed by atoms with E-state index in [9.17, 15) is 19.4 Å². The third-order valence-corrected chi connectivity index (χ3v) is 4.28. The van der Waals surface area contributed by atoms with Gasteiger partial charge in [-0.1, -0.05) is 13.3 Å². The highest BCUT2D eigenvalue weighted by Crippen LogP contribution is 2.36. The van der Waals surface area contributed by atoms with Crippen LogP contribution < -0.4 is 0 Å². The lowest BCUT2D eigenvalue weighted by Gasteiger charge is -2.44. The molecule has 1 aliphatic rings. The normalized spacial score (nSPS) is 25.9. The Kier molecular flexibility index (Phi) is 4.90. The first-order valence-electron chi connectivity index (χ1n) is 7.21. The second-order valence-corrected chi connectivity index (χ2v) is 5.68. The molecule has 0 unspecified atom stereocenters. The van der Waals surface area contributed by atoms with Gasteiger partial charge in [0, 0.05) is 24.7 Å². The van der Waals surface area contributed by atoms with Crippen molar-refractivity contribution in [2.24, 2.45) is 5.41 Å². The predicted molar refractivity (Wildman–Crippen MR) is 75.1 cm³/mol. The lowest BCUT2D eigenvalue weighted by molar-refractivity contribution is -0.0713. The number of halogens is 1. The van der Waals surface area contributed by atoms with Crippen molar-refractivity contribution in [3.63, 3.8) is 0 Å². The first-order valence-corrected chi connectivity index (χ1v) is 7.21. The van der Waals surface area contributed by atoms with Crippen molar-refractivity contribution >= 4 is 5.91 Å². The van der Waals surface area contributed by atoms with Gasteiger partial charge < -0.3 is 15.1 Å². The number of carbonyl (C=O) groups is 1. The van der Waals surface area contributed by atoms with Crippen LogP contribution in [0.15, 0.2) is 18.5 Å². The van der Waals surface area contributed by atoms with E-state index in [-0.39, 0.29) is 24.6 Å². The summed E-state index contributed by atoms with van der Waals surface area (Å²) in [5, 5.41) is 19.9. The average Bonchev–Trinajstić information content (AvgIpc) is 2.49. The number of carbonyl (C=O) groups excluding carboxylic acids is 1. The van der Waals surface area contributed by atoms with Crippen molar-refractivity contribution in [3.05, 3.63) is 29.8 Å². The number of β-amino-alcohol motifs (C(OH)–C–C–N with tert-alkyl or cyclic N) is 1. The van der Waals surface area contributed by atoms with Crippen molar-refractivity contribution in [1.82, 2.24) is 9.88 Å². The van der Waals surface area contributed by atoms with E-state index in [0.29, 0.717) is 19.4 Å². The number of likely N-dealkylation sites (tertiary alicyclic amines) is 1. The van der Waals surface area contributed by atoms with E-state index in [1.807, 2.05) is 6.92 Å². The molecule has 1 saturated heterocycles. The zero-order valence-electron chi connectivity index (χ0n) is 12.1. The van der Waals surface area contributed by atoms with E-state index in [2.05, 4.69) is 4.98 Å². The molecule has 2 N–H and O–H groups in total. The molecule has 0 aliphatic carbocycles. The molecule has 1 fully saturated rings. The maximum atomic E-state index is 13.1. The minimum atomic E-state index is -0.776. The maximum Gasteiger partial charge on any atom is 0.255 e. The molecule has 0 radical (unpaired) electrons. The number of aromatic nitrogens is 1. The predicted octanol–water partition coefficient (Wildman–Crippen LogP) is 1.21. The average molecular weight is 296 g/mol. The Morgan fingerprint density at radius 1 is 1.57 bits per heavy atom. The molecule has 2 atom stereocenters. The number of nitrogens with zero attached hydrogens (tertiary/aromatic N) is 2. The minimum absolute atomic E-state index is 0.0917. The number of aliphatic hydroxyl groups is 2. The second kappa shape index (κ2) is 6.49. The largest absolute Gasteiger partial charge is 0.396 e. The standard InChI is InChI=1S/C15H21FN2O3/c1-2-3-15(10-19)4-5-18(9-13(15)20)14(21)11-6-12(16)8-17-7-11/h6-8,13,19-20H,2-5,9-10H2,1H3/t13-,15+/m0/s1. The highest BCUT2D eigenvalue weighted by molar-refractivity contribution is 5.94. The molecular weight excluding hydrogens is 275 g/mol. The van der Waals surface area contributed by atoms with Crippen molar-refractivity contribution in [3.8, 4) is 0 Å². The van der Waals surface area contributed by atoms with E-state index < -0.39 is 17.3 Å². The van der Waals surface area contributed by atoms with Crippen LogP contribution in [0.5, 0.6) is 0 Å². The summed E-state index contributed by atoms with van der Waals surface area (Å²) in [5.74, 6) is -0.904. The Hall–Kier alpha value is -1.53. The second-order valence-electron chi connectivity index (χ2n) is 5.68. The Balaban J connectivity index is 2.10. The third-order valence-electron chi connectivity index (χ3n) is 4.28. The molecule has 0 bridgehead atoms. The molecule has 1 amide bonds. The number of aliphatic hydroxyl groups excluding tert-OH is 2. The maximum absolute atomic E-state index is 13.1. The van der Waals surface area contributed by atoms with Gasteiger partial charge in [-0.15, -0.1) is 0 Å². The van der Waals surface area contributed by atoms with Gasteiger partial charge in [0.05, 0.1) is 24.5 Å². The van der Waals surface area contributed by atoms with Gasteiger partial charge in [0.25, 0.3) is 5.91 Å². The molecule has 0 saturated carbocycles. The fraction of sp³-hybridized carbons (Fsp3) is 0.600. The van der Waals surface area contributed by atoms with Gasteiger partial charge in [0.1, 0.15) is 5.82 Å². The van der Waals surface area contributed by atoms with Gasteiger partial charge in [0.15, 0.2) is 0 Å². The summed E-state index contributed by atoms with van der Waals surface area (Å²) in [6, 6.07) is 1.14. The van der Waals surface area contributed by atoms with E-state index in [0.717, 1.165) is 18.7 Å². The minimum Gasteiger partial charge on any atom is -0.396 e. The molecule has 2 rings (SSSR count). The van der Waals surface area contributed by atoms with Crippen LogP contribution in [-0.2, 0) is 0 Å².